The van der Waals surface area contributed by atoms with Gasteiger partial charge in [-0.25, -0.2) is 5.43 Å². The number of nitro benzene ring substituents is 1. The molecule has 1 amide bonds. The number of carbonyl (C=O) groups excluding carboxylic acids is 1. The van der Waals surface area contributed by atoms with Crippen LogP contribution in [-0.4, -0.2) is 30.3 Å². The van der Waals surface area contributed by atoms with Crippen LogP contribution in [0, 0.1) is 10.1 Å². The molecule has 4 aromatic carbocycles. The maximum absolute atomic E-state index is 12.3. The third-order valence-electron chi connectivity index (χ3n) is 5.93. The Kier molecular flexibility index (Phi) is 10.5. The van der Waals surface area contributed by atoms with Gasteiger partial charge in [-0.15, -0.1) is 0 Å². The minimum absolute atomic E-state index is 0.0968. The molecule has 10 nitrogen and oxygen atoms in total. The SMILES string of the molecule is CCOc1cc(/C=N/NC(=O)c2ccc([N+](=O)[O-])cc2)ccc1OCc1ccc(OCc2ccccc2)c(OCC)c1. The predicted molar refractivity (Wildman–Crippen MR) is 158 cm³/mol. The molecule has 1 N–H and O–H groups in total. The zero-order valence-corrected chi connectivity index (χ0v) is 23.3. The van der Waals surface area contributed by atoms with E-state index in [1.54, 1.807) is 18.2 Å². The van der Waals surface area contributed by atoms with E-state index in [2.05, 4.69) is 10.5 Å². The van der Waals surface area contributed by atoms with Gasteiger partial charge in [-0.1, -0.05) is 36.4 Å². The molecule has 0 aliphatic heterocycles. The molecule has 0 saturated heterocycles. The molecule has 0 unspecified atom stereocenters. The Bertz CT molecular complexity index is 1520. The number of nitro groups is 1. The number of rotatable bonds is 14. The van der Waals surface area contributed by atoms with E-state index in [9.17, 15) is 14.9 Å². The number of carbonyl (C=O) groups is 1. The van der Waals surface area contributed by atoms with Crippen LogP contribution in [0.1, 0.15) is 40.9 Å². The Balaban J connectivity index is 1.38. The summed E-state index contributed by atoms with van der Waals surface area (Å²) < 4.78 is 23.7. The number of amides is 1. The summed E-state index contributed by atoms with van der Waals surface area (Å²) in [7, 11) is 0. The van der Waals surface area contributed by atoms with Crippen LogP contribution in [-0.2, 0) is 13.2 Å². The quantitative estimate of drug-likeness (QED) is 0.107. The highest BCUT2D eigenvalue weighted by molar-refractivity contribution is 5.95. The van der Waals surface area contributed by atoms with Crippen molar-refractivity contribution in [2.45, 2.75) is 27.1 Å². The van der Waals surface area contributed by atoms with E-state index >= 15 is 0 Å². The van der Waals surface area contributed by atoms with Gasteiger partial charge in [-0.05, 0) is 73.0 Å². The average Bonchev–Trinajstić information content (AvgIpc) is 3.01. The van der Waals surface area contributed by atoms with Crippen LogP contribution in [0.15, 0.2) is 96.1 Å². The lowest BCUT2D eigenvalue weighted by Crippen LogP contribution is -2.17. The second-order valence-electron chi connectivity index (χ2n) is 8.92. The van der Waals surface area contributed by atoms with Crippen LogP contribution in [0.4, 0.5) is 5.69 Å². The number of hydrazone groups is 1. The molecule has 216 valence electrons. The maximum atomic E-state index is 12.3. The summed E-state index contributed by atoms with van der Waals surface area (Å²) in [5, 5.41) is 14.8. The first kappa shape index (κ1) is 29.6. The number of nitrogens with zero attached hydrogens (tertiary/aromatic N) is 2. The van der Waals surface area contributed by atoms with Crippen molar-refractivity contribution in [1.82, 2.24) is 5.43 Å². The van der Waals surface area contributed by atoms with E-state index in [-0.39, 0.29) is 17.9 Å². The average molecular weight is 570 g/mol. The fraction of sp³-hybridized carbons (Fsp3) is 0.188. The molecule has 0 bridgehead atoms. The van der Waals surface area contributed by atoms with Crippen LogP contribution >= 0.6 is 0 Å². The third kappa shape index (κ3) is 8.31. The summed E-state index contributed by atoms with van der Waals surface area (Å²) in [6.45, 7) is 5.43. The summed E-state index contributed by atoms with van der Waals surface area (Å²) in [6.07, 6.45) is 1.47. The second kappa shape index (κ2) is 14.8. The van der Waals surface area contributed by atoms with Gasteiger partial charge in [0.2, 0.25) is 0 Å². The van der Waals surface area contributed by atoms with Crippen molar-refractivity contribution in [2.75, 3.05) is 13.2 Å². The van der Waals surface area contributed by atoms with Crippen molar-refractivity contribution in [3.8, 4) is 23.0 Å². The number of hydrogen-bond acceptors (Lipinski definition) is 8. The van der Waals surface area contributed by atoms with E-state index in [0.29, 0.717) is 48.4 Å². The minimum Gasteiger partial charge on any atom is -0.490 e. The Morgan fingerprint density at radius 1 is 0.762 bits per heavy atom. The molecular weight excluding hydrogens is 538 g/mol. The van der Waals surface area contributed by atoms with Gasteiger partial charge in [-0.2, -0.15) is 5.10 Å². The molecule has 0 saturated carbocycles. The van der Waals surface area contributed by atoms with Gasteiger partial charge < -0.3 is 18.9 Å². The van der Waals surface area contributed by atoms with Crippen molar-refractivity contribution < 1.29 is 28.7 Å². The zero-order valence-electron chi connectivity index (χ0n) is 23.3. The van der Waals surface area contributed by atoms with Gasteiger partial charge in [0.15, 0.2) is 23.0 Å². The largest absolute Gasteiger partial charge is 0.490 e. The molecule has 10 heteroatoms. The van der Waals surface area contributed by atoms with E-state index in [4.69, 9.17) is 18.9 Å². The molecule has 0 radical (unpaired) electrons. The van der Waals surface area contributed by atoms with Gasteiger partial charge in [-0.3, -0.25) is 14.9 Å². The van der Waals surface area contributed by atoms with Crippen molar-refractivity contribution in [3.63, 3.8) is 0 Å². The predicted octanol–water partition coefficient (Wildman–Crippen LogP) is 6.31. The number of hydrogen-bond donors (Lipinski definition) is 1. The first-order valence-electron chi connectivity index (χ1n) is 13.4. The van der Waals surface area contributed by atoms with Crippen molar-refractivity contribution in [3.05, 3.63) is 123 Å². The zero-order chi connectivity index (χ0) is 29.7. The van der Waals surface area contributed by atoms with Gasteiger partial charge in [0.1, 0.15) is 13.2 Å². The Morgan fingerprint density at radius 3 is 2.02 bits per heavy atom. The van der Waals surface area contributed by atoms with Crippen LogP contribution in [0.3, 0.4) is 0 Å². The highest BCUT2D eigenvalue weighted by Gasteiger charge is 2.11. The van der Waals surface area contributed by atoms with Crippen LogP contribution < -0.4 is 24.4 Å². The van der Waals surface area contributed by atoms with Crippen molar-refractivity contribution in [2.24, 2.45) is 5.10 Å². The van der Waals surface area contributed by atoms with E-state index in [0.717, 1.165) is 11.1 Å². The Morgan fingerprint density at radius 2 is 1.38 bits per heavy atom. The highest BCUT2D eigenvalue weighted by Crippen LogP contribution is 2.32. The molecule has 0 aliphatic rings. The summed E-state index contributed by atoms with van der Waals surface area (Å²) in [5.41, 5.74) is 5.20. The molecule has 0 fully saturated rings. The monoisotopic (exact) mass is 569 g/mol. The number of ether oxygens (including phenoxy) is 4. The molecule has 0 aromatic heterocycles. The maximum Gasteiger partial charge on any atom is 0.271 e. The molecule has 42 heavy (non-hydrogen) atoms. The number of benzene rings is 4. The highest BCUT2D eigenvalue weighted by atomic mass is 16.6. The fourth-order valence-corrected chi connectivity index (χ4v) is 3.88. The lowest BCUT2D eigenvalue weighted by molar-refractivity contribution is -0.384. The van der Waals surface area contributed by atoms with Crippen LogP contribution in [0.2, 0.25) is 0 Å². The van der Waals surface area contributed by atoms with Gasteiger partial charge in [0.05, 0.1) is 24.4 Å². The molecule has 0 spiro atoms. The van der Waals surface area contributed by atoms with Crippen LogP contribution in [0.5, 0.6) is 23.0 Å². The standard InChI is InChI=1S/C32H31N3O7/c1-3-39-30-18-24(20-33-34-32(36)26-12-14-27(15-13-26)35(37)38)10-16-28(30)42-22-25-11-17-29(31(19-25)40-4-2)41-21-23-8-6-5-7-9-23/h5-20H,3-4,21-22H2,1-2H3,(H,34,36)/b33-20+. The van der Waals surface area contributed by atoms with E-state index in [1.165, 1.54) is 30.5 Å². The Hall–Kier alpha value is -5.38. The summed E-state index contributed by atoms with van der Waals surface area (Å²) in [6, 6.07) is 26.2. The van der Waals surface area contributed by atoms with E-state index < -0.39 is 10.8 Å². The first-order valence-corrected chi connectivity index (χ1v) is 13.4. The Labute approximate surface area is 243 Å². The lowest BCUT2D eigenvalue weighted by atomic mass is 10.2. The second-order valence-corrected chi connectivity index (χ2v) is 8.92. The van der Waals surface area contributed by atoms with Crippen LogP contribution in [0.25, 0.3) is 0 Å². The van der Waals surface area contributed by atoms with Gasteiger partial charge >= 0.3 is 0 Å². The van der Waals surface area contributed by atoms with Crippen molar-refractivity contribution in [1.29, 1.82) is 0 Å². The fourth-order valence-electron chi connectivity index (χ4n) is 3.88. The molecule has 0 aliphatic carbocycles. The third-order valence-corrected chi connectivity index (χ3v) is 5.93. The lowest BCUT2D eigenvalue weighted by Gasteiger charge is -2.15. The topological polar surface area (TPSA) is 122 Å². The smallest absolute Gasteiger partial charge is 0.271 e. The number of non-ortho nitro benzene ring substituents is 1. The number of nitrogens with one attached hydrogen (secondary N) is 1. The van der Waals surface area contributed by atoms with Crippen molar-refractivity contribution >= 4 is 17.8 Å². The molecule has 0 atom stereocenters. The summed E-state index contributed by atoms with van der Waals surface area (Å²) in [5.74, 6) is 1.88. The molecule has 4 rings (SSSR count). The molecule has 0 heterocycles. The van der Waals surface area contributed by atoms with Gasteiger partial charge in [0, 0.05) is 17.7 Å². The summed E-state index contributed by atoms with van der Waals surface area (Å²) >= 11 is 0. The molecule has 4 aromatic rings. The summed E-state index contributed by atoms with van der Waals surface area (Å²) in [4.78, 5) is 22.6. The first-order chi connectivity index (χ1) is 20.5. The van der Waals surface area contributed by atoms with Gasteiger partial charge in [0.25, 0.3) is 11.6 Å². The molecular formula is C32H31N3O7. The normalized spacial score (nSPS) is 10.7. The van der Waals surface area contributed by atoms with E-state index in [1.807, 2.05) is 62.4 Å². The minimum atomic E-state index is -0.528.